The van der Waals surface area contributed by atoms with Gasteiger partial charge in [-0.1, -0.05) is 20.8 Å². The maximum atomic E-state index is 12.2. The summed E-state index contributed by atoms with van der Waals surface area (Å²) < 4.78 is 0. The molecule has 0 spiro atoms. The molecule has 0 aromatic rings. The van der Waals surface area contributed by atoms with Crippen molar-refractivity contribution in [2.24, 2.45) is 17.3 Å². The second kappa shape index (κ2) is 6.25. The van der Waals surface area contributed by atoms with Gasteiger partial charge in [0.2, 0.25) is 5.91 Å². The highest BCUT2D eigenvalue weighted by atomic mass is 16.1. The van der Waals surface area contributed by atoms with E-state index in [-0.39, 0.29) is 5.91 Å². The molecular formula is C16H30N2O. The van der Waals surface area contributed by atoms with E-state index >= 15 is 0 Å². The van der Waals surface area contributed by atoms with Crippen LogP contribution in [-0.4, -0.2) is 25.0 Å². The minimum Gasteiger partial charge on any atom is -0.352 e. The fraction of sp³-hybridized carbons (Fsp3) is 0.938. The lowest BCUT2D eigenvalue weighted by Crippen LogP contribution is -2.46. The van der Waals surface area contributed by atoms with Crippen molar-refractivity contribution in [1.29, 1.82) is 0 Å². The van der Waals surface area contributed by atoms with E-state index in [1.54, 1.807) is 0 Å². The number of carbonyl (C=O) groups excluding carboxylic acids is 1. The first-order valence-electron chi connectivity index (χ1n) is 7.95. The Balaban J connectivity index is 1.78. The minimum atomic E-state index is 0.267. The number of nitrogens with one attached hydrogen (secondary N) is 2. The molecular weight excluding hydrogens is 236 g/mol. The lowest BCUT2D eigenvalue weighted by Gasteiger charge is -2.39. The Kier molecular flexibility index (Phi) is 4.88. The molecule has 110 valence electrons. The monoisotopic (exact) mass is 266 g/mol. The molecule has 3 nitrogen and oxygen atoms in total. The van der Waals surface area contributed by atoms with Crippen molar-refractivity contribution < 1.29 is 4.79 Å². The van der Waals surface area contributed by atoms with Gasteiger partial charge in [0.1, 0.15) is 0 Å². The molecule has 0 bridgehead atoms. The van der Waals surface area contributed by atoms with Crippen LogP contribution in [0.4, 0.5) is 0 Å². The number of amides is 1. The summed E-state index contributed by atoms with van der Waals surface area (Å²) in [5, 5.41) is 6.56. The van der Waals surface area contributed by atoms with E-state index in [1.807, 2.05) is 0 Å². The molecule has 1 saturated carbocycles. The van der Waals surface area contributed by atoms with Crippen LogP contribution in [-0.2, 0) is 4.79 Å². The molecule has 1 saturated heterocycles. The van der Waals surface area contributed by atoms with Gasteiger partial charge in [0.05, 0.1) is 0 Å². The second-order valence-corrected chi connectivity index (χ2v) is 7.59. The zero-order valence-electron chi connectivity index (χ0n) is 12.8. The van der Waals surface area contributed by atoms with Gasteiger partial charge in [-0.25, -0.2) is 0 Å². The molecule has 1 aliphatic carbocycles. The maximum absolute atomic E-state index is 12.2. The molecule has 1 heterocycles. The quantitative estimate of drug-likeness (QED) is 0.824. The Labute approximate surface area is 117 Å². The standard InChI is InChI=1S/C16H30N2O/c1-12-7-13(10-16(2,3)9-12)8-15(19)18-14-5-4-6-17-11-14/h12-14,17H,4-11H2,1-3H3,(H,18,19). The van der Waals surface area contributed by atoms with Crippen LogP contribution in [0.25, 0.3) is 0 Å². The Morgan fingerprint density at radius 3 is 2.79 bits per heavy atom. The fourth-order valence-corrected chi connectivity index (χ4v) is 4.22. The molecule has 2 fully saturated rings. The van der Waals surface area contributed by atoms with Crippen molar-refractivity contribution in [3.8, 4) is 0 Å². The van der Waals surface area contributed by atoms with Crippen molar-refractivity contribution >= 4 is 5.91 Å². The van der Waals surface area contributed by atoms with E-state index in [1.165, 1.54) is 25.7 Å². The number of hydrogen-bond donors (Lipinski definition) is 2. The molecule has 1 aliphatic heterocycles. The molecule has 0 aromatic carbocycles. The summed E-state index contributed by atoms with van der Waals surface area (Å²) in [6.45, 7) is 9.06. The van der Waals surface area contributed by atoms with Crippen LogP contribution >= 0.6 is 0 Å². The lowest BCUT2D eigenvalue weighted by molar-refractivity contribution is -0.123. The molecule has 1 amide bonds. The molecule has 0 radical (unpaired) electrons. The van der Waals surface area contributed by atoms with Crippen LogP contribution in [0.15, 0.2) is 0 Å². The van der Waals surface area contributed by atoms with Crippen LogP contribution < -0.4 is 10.6 Å². The largest absolute Gasteiger partial charge is 0.352 e. The molecule has 2 N–H and O–H groups in total. The predicted octanol–water partition coefficient (Wildman–Crippen LogP) is 2.71. The number of piperidine rings is 1. The zero-order valence-corrected chi connectivity index (χ0v) is 12.8. The Hall–Kier alpha value is -0.570. The third kappa shape index (κ3) is 4.79. The Morgan fingerprint density at radius 1 is 1.37 bits per heavy atom. The van der Waals surface area contributed by atoms with E-state index in [2.05, 4.69) is 31.4 Å². The van der Waals surface area contributed by atoms with Gasteiger partial charge in [-0.15, -0.1) is 0 Å². The normalized spacial score (nSPS) is 34.8. The second-order valence-electron chi connectivity index (χ2n) is 7.59. The first-order chi connectivity index (χ1) is 8.94. The van der Waals surface area contributed by atoms with Gasteiger partial charge in [-0.05, 0) is 55.9 Å². The average Bonchev–Trinajstić information content (AvgIpc) is 2.26. The summed E-state index contributed by atoms with van der Waals surface area (Å²) in [5.74, 6) is 1.61. The van der Waals surface area contributed by atoms with Gasteiger partial charge in [0.15, 0.2) is 0 Å². The third-order valence-corrected chi connectivity index (χ3v) is 4.61. The third-order valence-electron chi connectivity index (χ3n) is 4.61. The van der Waals surface area contributed by atoms with Crippen LogP contribution in [0.3, 0.4) is 0 Å². The van der Waals surface area contributed by atoms with Crippen LogP contribution in [0.2, 0.25) is 0 Å². The molecule has 19 heavy (non-hydrogen) atoms. The summed E-state index contributed by atoms with van der Waals surface area (Å²) in [5.41, 5.74) is 0.412. The van der Waals surface area contributed by atoms with E-state index in [0.29, 0.717) is 17.4 Å². The van der Waals surface area contributed by atoms with Crippen LogP contribution in [0.1, 0.15) is 59.3 Å². The van der Waals surface area contributed by atoms with Crippen molar-refractivity contribution in [3.63, 3.8) is 0 Å². The van der Waals surface area contributed by atoms with E-state index < -0.39 is 0 Å². The topological polar surface area (TPSA) is 41.1 Å². The summed E-state index contributed by atoms with van der Waals surface area (Å²) in [7, 11) is 0. The van der Waals surface area contributed by atoms with Crippen molar-refractivity contribution in [1.82, 2.24) is 10.6 Å². The van der Waals surface area contributed by atoms with E-state index in [9.17, 15) is 4.79 Å². The summed E-state index contributed by atoms with van der Waals surface area (Å²) >= 11 is 0. The first kappa shape index (κ1) is 14.8. The smallest absolute Gasteiger partial charge is 0.220 e. The van der Waals surface area contributed by atoms with E-state index in [4.69, 9.17) is 0 Å². The molecule has 3 heteroatoms. The molecule has 3 unspecified atom stereocenters. The first-order valence-corrected chi connectivity index (χ1v) is 7.95. The SMILES string of the molecule is CC1CC(CC(=O)NC2CCCNC2)CC(C)(C)C1. The van der Waals surface area contributed by atoms with Gasteiger partial charge in [0.25, 0.3) is 0 Å². The van der Waals surface area contributed by atoms with Gasteiger partial charge in [-0.2, -0.15) is 0 Å². The fourth-order valence-electron chi connectivity index (χ4n) is 4.22. The summed E-state index contributed by atoms with van der Waals surface area (Å²) in [6.07, 6.45) is 6.76. The Bertz CT molecular complexity index is 308. The molecule has 3 atom stereocenters. The van der Waals surface area contributed by atoms with Gasteiger partial charge >= 0.3 is 0 Å². The number of carbonyl (C=O) groups is 1. The molecule has 0 aromatic heterocycles. The van der Waals surface area contributed by atoms with Gasteiger partial charge in [0, 0.05) is 19.0 Å². The summed E-state index contributed by atoms with van der Waals surface area (Å²) in [4.78, 5) is 12.2. The summed E-state index contributed by atoms with van der Waals surface area (Å²) in [6, 6.07) is 0.357. The van der Waals surface area contributed by atoms with Crippen molar-refractivity contribution in [2.75, 3.05) is 13.1 Å². The van der Waals surface area contributed by atoms with E-state index in [0.717, 1.165) is 31.8 Å². The highest BCUT2D eigenvalue weighted by Gasteiger charge is 2.33. The van der Waals surface area contributed by atoms with Crippen molar-refractivity contribution in [3.05, 3.63) is 0 Å². The Morgan fingerprint density at radius 2 is 2.16 bits per heavy atom. The number of hydrogen-bond acceptors (Lipinski definition) is 2. The van der Waals surface area contributed by atoms with Gasteiger partial charge in [-0.3, -0.25) is 4.79 Å². The van der Waals surface area contributed by atoms with Gasteiger partial charge < -0.3 is 10.6 Å². The highest BCUT2D eigenvalue weighted by Crippen LogP contribution is 2.42. The minimum absolute atomic E-state index is 0.267. The molecule has 2 aliphatic rings. The van der Waals surface area contributed by atoms with Crippen LogP contribution in [0.5, 0.6) is 0 Å². The van der Waals surface area contributed by atoms with Crippen molar-refractivity contribution in [2.45, 2.75) is 65.3 Å². The lowest BCUT2D eigenvalue weighted by atomic mass is 9.67. The molecule has 2 rings (SSSR count). The van der Waals surface area contributed by atoms with Crippen LogP contribution in [0, 0.1) is 17.3 Å². The zero-order chi connectivity index (χ0) is 13.9. The predicted molar refractivity (Wildman–Crippen MR) is 78.9 cm³/mol. The highest BCUT2D eigenvalue weighted by molar-refractivity contribution is 5.76. The number of rotatable bonds is 3. The maximum Gasteiger partial charge on any atom is 0.220 e. The average molecular weight is 266 g/mol.